The van der Waals surface area contributed by atoms with Crippen molar-refractivity contribution in [3.63, 3.8) is 0 Å². The molecule has 0 aromatic heterocycles. The highest BCUT2D eigenvalue weighted by atomic mass is 16.5. The average Bonchev–Trinajstić information content (AvgIpc) is 2.59. The fourth-order valence-electron chi connectivity index (χ4n) is 2.04. The predicted octanol–water partition coefficient (Wildman–Crippen LogP) is 3.13. The van der Waals surface area contributed by atoms with Gasteiger partial charge in [-0.15, -0.1) is 6.58 Å². The van der Waals surface area contributed by atoms with Crippen LogP contribution in [0.25, 0.3) is 0 Å². The highest BCUT2D eigenvalue weighted by molar-refractivity contribution is 5.94. The number of amides is 1. The fraction of sp³-hybridized carbons (Fsp3) is 0.111. The first-order valence-corrected chi connectivity index (χ1v) is 6.82. The van der Waals surface area contributed by atoms with E-state index in [0.29, 0.717) is 11.1 Å². The molecule has 0 spiro atoms. The van der Waals surface area contributed by atoms with E-state index in [1.165, 1.54) is 7.11 Å². The molecular weight excluding hydrogens is 278 g/mol. The van der Waals surface area contributed by atoms with E-state index in [0.717, 1.165) is 5.56 Å². The van der Waals surface area contributed by atoms with Crippen molar-refractivity contribution in [1.29, 1.82) is 0 Å². The number of carbonyl (C=O) groups excluding carboxylic acids is 2. The number of hydrogen-bond acceptors (Lipinski definition) is 3. The fourth-order valence-corrected chi connectivity index (χ4v) is 2.04. The van der Waals surface area contributed by atoms with Gasteiger partial charge in [0.1, 0.15) is 0 Å². The second kappa shape index (κ2) is 7.22. The monoisotopic (exact) mass is 295 g/mol. The minimum Gasteiger partial charge on any atom is -0.465 e. The van der Waals surface area contributed by atoms with Crippen LogP contribution in [0.1, 0.15) is 32.3 Å². The molecule has 0 unspecified atom stereocenters. The van der Waals surface area contributed by atoms with Crippen molar-refractivity contribution < 1.29 is 14.3 Å². The zero-order valence-corrected chi connectivity index (χ0v) is 12.3. The molecule has 4 heteroatoms. The zero-order chi connectivity index (χ0) is 15.9. The topological polar surface area (TPSA) is 55.4 Å². The van der Waals surface area contributed by atoms with Gasteiger partial charge in [0.2, 0.25) is 0 Å². The second-order valence-electron chi connectivity index (χ2n) is 4.67. The summed E-state index contributed by atoms with van der Waals surface area (Å²) in [4.78, 5) is 23.6. The second-order valence-corrected chi connectivity index (χ2v) is 4.67. The molecule has 1 atom stereocenters. The molecule has 0 aliphatic rings. The Balaban J connectivity index is 2.13. The Bertz CT molecular complexity index is 662. The Morgan fingerprint density at radius 1 is 1.05 bits per heavy atom. The molecule has 112 valence electrons. The van der Waals surface area contributed by atoms with Gasteiger partial charge in [0.15, 0.2) is 0 Å². The van der Waals surface area contributed by atoms with Gasteiger partial charge in [-0.25, -0.2) is 4.79 Å². The molecule has 2 rings (SSSR count). The van der Waals surface area contributed by atoms with Crippen molar-refractivity contribution >= 4 is 11.9 Å². The summed E-state index contributed by atoms with van der Waals surface area (Å²) in [6, 6.07) is 15.5. The van der Waals surface area contributed by atoms with Gasteiger partial charge in [-0.3, -0.25) is 4.79 Å². The van der Waals surface area contributed by atoms with E-state index < -0.39 is 5.97 Å². The maximum Gasteiger partial charge on any atom is 0.337 e. The lowest BCUT2D eigenvalue weighted by atomic mass is 10.0. The Morgan fingerprint density at radius 3 is 2.23 bits per heavy atom. The van der Waals surface area contributed by atoms with Gasteiger partial charge in [-0.2, -0.15) is 0 Å². The Labute approximate surface area is 129 Å². The van der Waals surface area contributed by atoms with Crippen LogP contribution in [-0.2, 0) is 4.74 Å². The third-order valence-corrected chi connectivity index (χ3v) is 3.25. The molecule has 4 nitrogen and oxygen atoms in total. The van der Waals surface area contributed by atoms with Crippen molar-refractivity contribution in [2.75, 3.05) is 7.11 Å². The quantitative estimate of drug-likeness (QED) is 0.681. The molecule has 0 heterocycles. The predicted molar refractivity (Wildman–Crippen MR) is 84.6 cm³/mol. The minimum absolute atomic E-state index is 0.178. The zero-order valence-electron chi connectivity index (χ0n) is 12.3. The van der Waals surface area contributed by atoms with Crippen molar-refractivity contribution in [1.82, 2.24) is 5.32 Å². The Kier molecular flexibility index (Phi) is 5.09. The molecule has 1 amide bonds. The van der Waals surface area contributed by atoms with Gasteiger partial charge in [0.25, 0.3) is 5.91 Å². The smallest absolute Gasteiger partial charge is 0.337 e. The number of rotatable bonds is 5. The first kappa shape index (κ1) is 15.5. The van der Waals surface area contributed by atoms with Crippen LogP contribution in [0.3, 0.4) is 0 Å². The largest absolute Gasteiger partial charge is 0.465 e. The van der Waals surface area contributed by atoms with Crippen LogP contribution >= 0.6 is 0 Å². The van der Waals surface area contributed by atoms with Crippen LogP contribution in [0.5, 0.6) is 0 Å². The molecule has 2 aromatic carbocycles. The van der Waals surface area contributed by atoms with Gasteiger partial charge in [-0.05, 0) is 29.8 Å². The third-order valence-electron chi connectivity index (χ3n) is 3.25. The van der Waals surface area contributed by atoms with Crippen molar-refractivity contribution in [2.45, 2.75) is 6.04 Å². The summed E-state index contributed by atoms with van der Waals surface area (Å²) in [6.07, 6.45) is 1.65. The number of methoxy groups -OCH3 is 1. The Hall–Kier alpha value is -2.88. The molecule has 0 bridgehead atoms. The summed E-state index contributed by atoms with van der Waals surface area (Å²) >= 11 is 0. The molecule has 0 saturated heterocycles. The van der Waals surface area contributed by atoms with Gasteiger partial charge < -0.3 is 10.1 Å². The normalized spacial score (nSPS) is 11.3. The number of benzene rings is 2. The van der Waals surface area contributed by atoms with E-state index in [9.17, 15) is 9.59 Å². The number of esters is 1. The summed E-state index contributed by atoms with van der Waals surface area (Å²) in [6.45, 7) is 3.75. The van der Waals surface area contributed by atoms with E-state index in [1.54, 1.807) is 42.5 Å². The van der Waals surface area contributed by atoms with Gasteiger partial charge in [-0.1, -0.05) is 36.4 Å². The summed E-state index contributed by atoms with van der Waals surface area (Å²) < 4.78 is 4.66. The average molecular weight is 295 g/mol. The molecule has 0 fully saturated rings. The maximum absolute atomic E-state index is 12.2. The Morgan fingerprint density at radius 2 is 1.68 bits per heavy atom. The molecule has 0 saturated carbocycles. The van der Waals surface area contributed by atoms with E-state index in [4.69, 9.17) is 0 Å². The molecule has 0 radical (unpaired) electrons. The van der Waals surface area contributed by atoms with Crippen LogP contribution in [0.4, 0.5) is 0 Å². The van der Waals surface area contributed by atoms with Gasteiger partial charge in [0.05, 0.1) is 18.7 Å². The van der Waals surface area contributed by atoms with Crippen LogP contribution in [0.15, 0.2) is 67.3 Å². The van der Waals surface area contributed by atoms with E-state index in [-0.39, 0.29) is 11.9 Å². The highest BCUT2D eigenvalue weighted by Crippen LogP contribution is 2.16. The van der Waals surface area contributed by atoms with Crippen molar-refractivity contribution in [3.8, 4) is 0 Å². The van der Waals surface area contributed by atoms with E-state index in [1.807, 2.05) is 18.2 Å². The molecule has 2 aromatic rings. The lowest BCUT2D eigenvalue weighted by Gasteiger charge is -2.15. The maximum atomic E-state index is 12.2. The number of carbonyl (C=O) groups is 2. The van der Waals surface area contributed by atoms with Gasteiger partial charge in [0, 0.05) is 5.56 Å². The van der Waals surface area contributed by atoms with Crippen LogP contribution in [-0.4, -0.2) is 19.0 Å². The molecular formula is C18H17NO3. The first-order valence-electron chi connectivity index (χ1n) is 6.82. The standard InChI is InChI=1S/C18H17NO3/c1-3-16(19-17(20)14-7-5-4-6-8-14)13-9-11-15(12-10-13)18(21)22-2/h3-12,16H,1H2,2H3,(H,19,20)/t16-/m0/s1. The molecule has 1 N–H and O–H groups in total. The summed E-state index contributed by atoms with van der Waals surface area (Å²) in [5.74, 6) is -0.572. The number of ether oxygens (including phenoxy) is 1. The summed E-state index contributed by atoms with van der Waals surface area (Å²) in [5, 5.41) is 2.89. The number of nitrogens with one attached hydrogen (secondary N) is 1. The lowest BCUT2D eigenvalue weighted by molar-refractivity contribution is 0.0600. The SMILES string of the molecule is C=C[C@H](NC(=O)c1ccccc1)c1ccc(C(=O)OC)cc1. The summed E-state index contributed by atoms with van der Waals surface area (Å²) in [5.41, 5.74) is 1.89. The van der Waals surface area contributed by atoms with Crippen LogP contribution in [0.2, 0.25) is 0 Å². The number of hydrogen-bond donors (Lipinski definition) is 1. The molecule has 22 heavy (non-hydrogen) atoms. The third kappa shape index (κ3) is 3.61. The molecule has 0 aliphatic carbocycles. The van der Waals surface area contributed by atoms with Crippen molar-refractivity contribution in [2.24, 2.45) is 0 Å². The summed E-state index contributed by atoms with van der Waals surface area (Å²) in [7, 11) is 1.34. The highest BCUT2D eigenvalue weighted by Gasteiger charge is 2.13. The van der Waals surface area contributed by atoms with E-state index in [2.05, 4.69) is 16.6 Å². The minimum atomic E-state index is -0.393. The van der Waals surface area contributed by atoms with Crippen molar-refractivity contribution in [3.05, 3.63) is 83.9 Å². The molecule has 0 aliphatic heterocycles. The van der Waals surface area contributed by atoms with E-state index >= 15 is 0 Å². The van der Waals surface area contributed by atoms with Crippen LogP contribution < -0.4 is 5.32 Å². The van der Waals surface area contributed by atoms with Crippen LogP contribution in [0, 0.1) is 0 Å². The first-order chi connectivity index (χ1) is 10.7. The van der Waals surface area contributed by atoms with Gasteiger partial charge >= 0.3 is 5.97 Å². The lowest BCUT2D eigenvalue weighted by Crippen LogP contribution is -2.27.